The molecule has 2 amide bonds. The second-order valence-electron chi connectivity index (χ2n) is 8.03. The highest BCUT2D eigenvalue weighted by Crippen LogP contribution is 2.29. The second-order valence-corrected chi connectivity index (χ2v) is 8.03. The van der Waals surface area contributed by atoms with Gasteiger partial charge in [0.2, 0.25) is 17.7 Å². The summed E-state index contributed by atoms with van der Waals surface area (Å²) in [5, 5.41) is 0. The molecule has 0 radical (unpaired) electrons. The van der Waals surface area contributed by atoms with E-state index in [4.69, 9.17) is 9.47 Å². The average molecular weight is 425 g/mol. The van der Waals surface area contributed by atoms with Crippen molar-refractivity contribution in [1.29, 1.82) is 0 Å². The molecule has 9 nitrogen and oxygen atoms in total. The van der Waals surface area contributed by atoms with Gasteiger partial charge in [-0.05, 0) is 24.3 Å². The highest BCUT2D eigenvalue weighted by atomic mass is 16.5. The Morgan fingerprint density at radius 2 is 1.94 bits per heavy atom. The molecule has 31 heavy (non-hydrogen) atoms. The summed E-state index contributed by atoms with van der Waals surface area (Å²) in [5.74, 6) is 1.52. The summed E-state index contributed by atoms with van der Waals surface area (Å²) in [6, 6.07) is 7.31. The van der Waals surface area contributed by atoms with Crippen LogP contribution in [-0.4, -0.2) is 73.6 Å². The van der Waals surface area contributed by atoms with Gasteiger partial charge in [-0.1, -0.05) is 0 Å². The smallest absolute Gasteiger partial charge is 0.234 e. The van der Waals surface area contributed by atoms with Gasteiger partial charge < -0.3 is 24.2 Å². The number of ether oxygens (including phenoxy) is 2. The fourth-order valence-corrected chi connectivity index (χ4v) is 3.95. The van der Waals surface area contributed by atoms with E-state index in [-0.39, 0.29) is 30.3 Å². The van der Waals surface area contributed by atoms with Crippen molar-refractivity contribution in [1.82, 2.24) is 14.9 Å². The third-order valence-electron chi connectivity index (χ3n) is 5.66. The van der Waals surface area contributed by atoms with Crippen LogP contribution in [0.15, 0.2) is 36.7 Å². The third kappa shape index (κ3) is 4.55. The van der Waals surface area contributed by atoms with Gasteiger partial charge in [0.05, 0.1) is 32.0 Å². The van der Waals surface area contributed by atoms with Crippen molar-refractivity contribution >= 4 is 23.3 Å². The van der Waals surface area contributed by atoms with Gasteiger partial charge in [0.15, 0.2) is 5.82 Å². The maximum Gasteiger partial charge on any atom is 0.234 e. The molecule has 0 saturated carbocycles. The Balaban J connectivity index is 1.35. The molecule has 9 heteroatoms. The molecule has 3 heterocycles. The molecule has 2 unspecified atom stereocenters. The number of methoxy groups -OCH3 is 1. The first-order valence-corrected chi connectivity index (χ1v) is 10.3. The number of likely N-dealkylation sites (tertiary alicyclic amines) is 1. The highest BCUT2D eigenvalue weighted by Gasteiger charge is 2.39. The van der Waals surface area contributed by atoms with Gasteiger partial charge in [-0.2, -0.15) is 4.98 Å². The summed E-state index contributed by atoms with van der Waals surface area (Å²) < 4.78 is 11.1. The minimum absolute atomic E-state index is 0.00332. The largest absolute Gasteiger partial charge is 0.497 e. The van der Waals surface area contributed by atoms with Crippen LogP contribution in [-0.2, 0) is 9.59 Å². The van der Waals surface area contributed by atoms with Gasteiger partial charge in [0, 0.05) is 45.7 Å². The van der Waals surface area contributed by atoms with Gasteiger partial charge in [-0.15, -0.1) is 0 Å². The maximum absolute atomic E-state index is 13.0. The van der Waals surface area contributed by atoms with Crippen LogP contribution in [0, 0.1) is 5.92 Å². The zero-order chi connectivity index (χ0) is 22.0. The Bertz CT molecular complexity index is 949. The molecule has 2 aromatic rings. The SMILES string of the molecule is COc1ccc(N2CC(C(=O)N3CCC(Oc4cncc(N(C)C)n4)C3)CC2=O)cc1. The molecule has 1 aromatic carbocycles. The van der Waals surface area contributed by atoms with Crippen LogP contribution in [0.3, 0.4) is 0 Å². The van der Waals surface area contributed by atoms with E-state index >= 15 is 0 Å². The summed E-state index contributed by atoms with van der Waals surface area (Å²) in [7, 11) is 5.38. The average Bonchev–Trinajstić information content (AvgIpc) is 3.40. The quantitative estimate of drug-likeness (QED) is 0.694. The van der Waals surface area contributed by atoms with Gasteiger partial charge in [0.25, 0.3) is 0 Å². The Morgan fingerprint density at radius 1 is 1.16 bits per heavy atom. The van der Waals surface area contributed by atoms with E-state index in [1.807, 2.05) is 43.3 Å². The van der Waals surface area contributed by atoms with Crippen LogP contribution in [0.25, 0.3) is 0 Å². The number of carbonyl (C=O) groups is 2. The van der Waals surface area contributed by atoms with Crippen molar-refractivity contribution in [2.45, 2.75) is 18.9 Å². The fourth-order valence-electron chi connectivity index (χ4n) is 3.95. The lowest BCUT2D eigenvalue weighted by molar-refractivity contribution is -0.135. The molecular weight excluding hydrogens is 398 g/mol. The molecule has 164 valence electrons. The van der Waals surface area contributed by atoms with Crippen molar-refractivity contribution in [3.8, 4) is 11.6 Å². The van der Waals surface area contributed by atoms with Gasteiger partial charge in [0.1, 0.15) is 11.9 Å². The van der Waals surface area contributed by atoms with Crippen molar-refractivity contribution in [3.63, 3.8) is 0 Å². The lowest BCUT2D eigenvalue weighted by Crippen LogP contribution is -2.37. The van der Waals surface area contributed by atoms with Crippen molar-refractivity contribution in [2.75, 3.05) is 50.6 Å². The van der Waals surface area contributed by atoms with Gasteiger partial charge in [-0.25, -0.2) is 0 Å². The molecule has 0 bridgehead atoms. The van der Waals surface area contributed by atoms with E-state index in [9.17, 15) is 9.59 Å². The first kappa shape index (κ1) is 20.9. The molecule has 2 saturated heterocycles. The molecule has 2 aliphatic heterocycles. The zero-order valence-corrected chi connectivity index (χ0v) is 18.0. The zero-order valence-electron chi connectivity index (χ0n) is 18.0. The van der Waals surface area contributed by atoms with Crippen LogP contribution < -0.4 is 19.3 Å². The van der Waals surface area contributed by atoms with Crippen molar-refractivity contribution in [2.24, 2.45) is 5.92 Å². The molecular formula is C22H27N5O4. The summed E-state index contributed by atoms with van der Waals surface area (Å²) in [6.07, 6.45) is 4.07. The lowest BCUT2D eigenvalue weighted by Gasteiger charge is -2.21. The topological polar surface area (TPSA) is 88.1 Å². The molecule has 2 aliphatic rings. The standard InChI is InChI=1S/C22H27N5O4/c1-25(2)19-11-23-12-20(24-19)31-18-8-9-26(14-18)22(29)15-10-21(28)27(13-15)16-4-6-17(30-3)7-5-16/h4-7,11-12,15,18H,8-10,13-14H2,1-3H3. The highest BCUT2D eigenvalue weighted by molar-refractivity contribution is 6.00. The fraction of sp³-hybridized carbons (Fsp3) is 0.455. The molecule has 0 N–H and O–H groups in total. The molecule has 2 atom stereocenters. The Morgan fingerprint density at radius 3 is 2.65 bits per heavy atom. The number of carbonyl (C=O) groups excluding carboxylic acids is 2. The number of hydrogen-bond donors (Lipinski definition) is 0. The van der Waals surface area contributed by atoms with Crippen molar-refractivity contribution in [3.05, 3.63) is 36.7 Å². The van der Waals surface area contributed by atoms with Crippen molar-refractivity contribution < 1.29 is 19.1 Å². The summed E-state index contributed by atoms with van der Waals surface area (Å²) in [4.78, 5) is 39.5. The summed E-state index contributed by atoms with van der Waals surface area (Å²) in [6.45, 7) is 1.49. The number of nitrogens with zero attached hydrogens (tertiary/aromatic N) is 5. The van der Waals surface area contributed by atoms with Crippen LogP contribution in [0.2, 0.25) is 0 Å². The van der Waals surface area contributed by atoms with Gasteiger partial charge >= 0.3 is 0 Å². The molecule has 1 aromatic heterocycles. The van der Waals surface area contributed by atoms with E-state index in [2.05, 4.69) is 9.97 Å². The first-order chi connectivity index (χ1) is 14.9. The van der Waals surface area contributed by atoms with Crippen LogP contribution >= 0.6 is 0 Å². The van der Waals surface area contributed by atoms with E-state index in [0.717, 1.165) is 17.9 Å². The summed E-state index contributed by atoms with van der Waals surface area (Å²) >= 11 is 0. The number of amides is 2. The molecule has 0 aliphatic carbocycles. The number of aromatic nitrogens is 2. The van der Waals surface area contributed by atoms with E-state index in [1.165, 1.54) is 0 Å². The number of benzene rings is 1. The number of rotatable bonds is 6. The Hall–Kier alpha value is -3.36. The number of hydrogen-bond acceptors (Lipinski definition) is 7. The lowest BCUT2D eigenvalue weighted by atomic mass is 10.1. The predicted octanol–water partition coefficient (Wildman–Crippen LogP) is 1.58. The van der Waals surface area contributed by atoms with Crippen LogP contribution in [0.4, 0.5) is 11.5 Å². The first-order valence-electron chi connectivity index (χ1n) is 10.3. The summed E-state index contributed by atoms with van der Waals surface area (Å²) in [5.41, 5.74) is 0.781. The molecule has 4 rings (SSSR count). The normalized spacial score (nSPS) is 20.8. The molecule has 2 fully saturated rings. The van der Waals surface area contributed by atoms with E-state index in [1.54, 1.807) is 29.3 Å². The van der Waals surface area contributed by atoms with E-state index in [0.29, 0.717) is 31.3 Å². The Labute approximate surface area is 181 Å². The minimum atomic E-state index is -0.342. The predicted molar refractivity (Wildman–Crippen MR) is 115 cm³/mol. The third-order valence-corrected chi connectivity index (χ3v) is 5.66. The van der Waals surface area contributed by atoms with Crippen LogP contribution in [0.5, 0.6) is 11.6 Å². The monoisotopic (exact) mass is 425 g/mol. The Kier molecular flexibility index (Phi) is 5.92. The minimum Gasteiger partial charge on any atom is -0.497 e. The second kappa shape index (κ2) is 8.79. The van der Waals surface area contributed by atoms with Gasteiger partial charge in [-0.3, -0.25) is 14.6 Å². The maximum atomic E-state index is 13.0. The van der Waals surface area contributed by atoms with E-state index < -0.39 is 0 Å². The number of anilines is 2. The molecule has 0 spiro atoms. The van der Waals surface area contributed by atoms with Crippen LogP contribution in [0.1, 0.15) is 12.8 Å².